The van der Waals surface area contributed by atoms with E-state index in [1.807, 2.05) is 12.1 Å². The number of furan rings is 2. The van der Waals surface area contributed by atoms with Crippen molar-refractivity contribution in [2.24, 2.45) is 0 Å². The number of hydrogen-bond acceptors (Lipinski definition) is 4. The molecule has 5 heterocycles. The van der Waals surface area contributed by atoms with Crippen LogP contribution < -0.4 is 26.2 Å². The summed E-state index contributed by atoms with van der Waals surface area (Å²) in [6.07, 6.45) is 0. The molecular formula is C90H56BN3O2. The second-order valence-corrected chi connectivity index (χ2v) is 25.4. The Kier molecular flexibility index (Phi) is 12.1. The predicted molar refractivity (Wildman–Crippen MR) is 402 cm³/mol. The largest absolute Gasteiger partial charge is 0.456 e. The van der Waals surface area contributed by atoms with Crippen molar-refractivity contribution in [3.8, 4) is 72.4 Å². The molecule has 446 valence electrons. The van der Waals surface area contributed by atoms with Crippen LogP contribution in [0.15, 0.2) is 349 Å². The van der Waals surface area contributed by atoms with Crippen molar-refractivity contribution in [3.05, 3.63) is 340 Å². The maximum absolute atomic E-state index is 6.50. The van der Waals surface area contributed by atoms with Crippen molar-refractivity contribution in [3.63, 3.8) is 0 Å². The molecule has 0 fully saturated rings. The van der Waals surface area contributed by atoms with E-state index >= 15 is 0 Å². The van der Waals surface area contributed by atoms with Crippen molar-refractivity contribution in [1.29, 1.82) is 0 Å². The topological polar surface area (TPSA) is 37.7 Å². The molecule has 2 aliphatic heterocycles. The van der Waals surface area contributed by atoms with E-state index in [2.05, 4.69) is 342 Å². The van der Waals surface area contributed by atoms with E-state index in [0.29, 0.717) is 0 Å². The van der Waals surface area contributed by atoms with Crippen LogP contribution in [0.5, 0.6) is 0 Å². The summed E-state index contributed by atoms with van der Waals surface area (Å²) >= 11 is 0. The molecule has 18 aromatic rings. The lowest BCUT2D eigenvalue weighted by Gasteiger charge is -2.46. The summed E-state index contributed by atoms with van der Waals surface area (Å²) in [5.74, 6) is 0. The van der Waals surface area contributed by atoms with E-state index in [1.54, 1.807) is 0 Å². The normalized spacial score (nSPS) is 12.5. The maximum atomic E-state index is 6.50. The zero-order valence-corrected chi connectivity index (χ0v) is 52.1. The summed E-state index contributed by atoms with van der Waals surface area (Å²) in [5, 5.41) is 6.78. The lowest BCUT2D eigenvalue weighted by molar-refractivity contribution is 0.668. The van der Waals surface area contributed by atoms with E-state index < -0.39 is 0 Å². The third-order valence-electron chi connectivity index (χ3n) is 20.2. The molecule has 0 radical (unpaired) electrons. The number of benzene rings is 15. The van der Waals surface area contributed by atoms with E-state index in [0.717, 1.165) is 161 Å². The number of nitrogens with zero attached hydrogens (tertiary/aromatic N) is 3. The number of hydrogen-bond donors (Lipinski definition) is 0. The lowest BCUT2D eigenvalue weighted by atomic mass is 9.33. The van der Waals surface area contributed by atoms with Crippen molar-refractivity contribution < 1.29 is 8.83 Å². The van der Waals surface area contributed by atoms with Crippen LogP contribution in [0, 0.1) is 0 Å². The summed E-state index contributed by atoms with van der Waals surface area (Å²) in [6.45, 7) is -0.277. The van der Waals surface area contributed by atoms with Crippen LogP contribution in [0.3, 0.4) is 0 Å². The maximum Gasteiger partial charge on any atom is 0.252 e. The first-order valence-electron chi connectivity index (χ1n) is 33.0. The highest BCUT2D eigenvalue weighted by molar-refractivity contribution is 7.00. The summed E-state index contributed by atoms with van der Waals surface area (Å²) in [5.41, 5.74) is 30.4. The summed E-state index contributed by atoms with van der Waals surface area (Å²) < 4.78 is 15.5. The molecule has 2 aliphatic rings. The Morgan fingerprint density at radius 2 is 0.604 bits per heavy atom. The number of para-hydroxylation sites is 6. The zero-order chi connectivity index (χ0) is 63.0. The van der Waals surface area contributed by atoms with Gasteiger partial charge in [0.25, 0.3) is 6.71 Å². The van der Waals surface area contributed by atoms with E-state index in [1.165, 1.54) is 27.2 Å². The Morgan fingerprint density at radius 3 is 1.08 bits per heavy atom. The zero-order valence-electron chi connectivity index (χ0n) is 52.1. The Hall–Kier alpha value is -12.6. The highest BCUT2D eigenvalue weighted by Gasteiger charge is 2.46. The summed E-state index contributed by atoms with van der Waals surface area (Å²) in [7, 11) is 0. The third-order valence-corrected chi connectivity index (χ3v) is 20.2. The molecule has 0 amide bonds. The molecule has 0 aliphatic carbocycles. The first-order chi connectivity index (χ1) is 47.6. The van der Waals surface area contributed by atoms with Crippen molar-refractivity contribution in [2.75, 3.05) is 9.80 Å². The fourth-order valence-corrected chi connectivity index (χ4v) is 15.9. The fourth-order valence-electron chi connectivity index (χ4n) is 15.9. The molecule has 0 bridgehead atoms. The Morgan fingerprint density at radius 1 is 0.229 bits per heavy atom. The Labute approximate surface area is 554 Å². The molecular weight excluding hydrogens is 1170 g/mol. The van der Waals surface area contributed by atoms with E-state index in [4.69, 9.17) is 8.83 Å². The lowest BCUT2D eigenvalue weighted by Crippen LogP contribution is -2.61. The number of rotatable bonds is 9. The average molecular weight is 1220 g/mol. The smallest absolute Gasteiger partial charge is 0.252 e. The molecule has 0 N–H and O–H groups in total. The Bertz CT molecular complexity index is 6000. The van der Waals surface area contributed by atoms with Crippen LogP contribution in [-0.4, -0.2) is 11.3 Å². The number of anilines is 6. The van der Waals surface area contributed by atoms with E-state index in [9.17, 15) is 0 Å². The van der Waals surface area contributed by atoms with Crippen LogP contribution in [0.1, 0.15) is 0 Å². The van der Waals surface area contributed by atoms with Crippen LogP contribution in [0.25, 0.3) is 138 Å². The van der Waals surface area contributed by atoms with Gasteiger partial charge in [-0.3, -0.25) is 0 Å². The molecule has 5 nitrogen and oxygen atoms in total. The van der Waals surface area contributed by atoms with Gasteiger partial charge in [-0.2, -0.15) is 0 Å². The SMILES string of the molecule is c1ccc(-c2cccc(-c3ccccc3)c2N2c3ccc(-c4ccc5oc6ccccc6c5c4)cc3B3c4ccc(-c5ccc6oc7ccccc7c6c5)cc4N(c4c(-c5ccccc5)cccc4-c4ccccc4)c4cc(-n5c6ccccc6c6ccccc65)cc2c43)cc1. The molecule has 0 spiro atoms. The van der Waals surface area contributed by atoms with Crippen molar-refractivity contribution in [1.82, 2.24) is 4.57 Å². The molecule has 0 unspecified atom stereocenters. The monoisotopic (exact) mass is 1220 g/mol. The predicted octanol–water partition coefficient (Wildman–Crippen LogP) is 22.7. The van der Waals surface area contributed by atoms with Gasteiger partial charge in [-0.15, -0.1) is 0 Å². The van der Waals surface area contributed by atoms with Gasteiger partial charge in [-0.1, -0.05) is 267 Å². The quantitative estimate of drug-likeness (QED) is 0.135. The van der Waals surface area contributed by atoms with Gasteiger partial charge in [0.05, 0.1) is 28.1 Å². The number of fused-ring (bicyclic) bond motifs is 13. The van der Waals surface area contributed by atoms with Gasteiger partial charge in [0.2, 0.25) is 0 Å². The fraction of sp³-hybridized carbons (Fsp3) is 0. The molecule has 0 saturated carbocycles. The second kappa shape index (κ2) is 21.5. The van der Waals surface area contributed by atoms with Crippen LogP contribution >= 0.6 is 0 Å². The molecule has 0 atom stereocenters. The minimum atomic E-state index is -0.277. The first kappa shape index (κ1) is 54.0. The van der Waals surface area contributed by atoms with Gasteiger partial charge in [0, 0.05) is 77.3 Å². The second-order valence-electron chi connectivity index (χ2n) is 25.4. The number of aromatic nitrogens is 1. The summed E-state index contributed by atoms with van der Waals surface area (Å²) in [4.78, 5) is 5.31. The molecule has 6 heteroatoms. The van der Waals surface area contributed by atoms with Crippen molar-refractivity contribution in [2.45, 2.75) is 0 Å². The molecule has 96 heavy (non-hydrogen) atoms. The van der Waals surface area contributed by atoms with Gasteiger partial charge in [-0.25, -0.2) is 0 Å². The minimum absolute atomic E-state index is 0.277. The van der Waals surface area contributed by atoms with Gasteiger partial charge >= 0.3 is 0 Å². The standard InChI is InChI=1S/C90H56BN3O2/c1-5-23-57(24-6-1)66-35-21-36-67(58-25-7-2-8-26-58)89(66)93-80-48-44-63(61-45-49-86-74(51-61)72-33-15-19-41-84(72)95-86)53-77(80)91-76-47-43-64(62-46-50-87-75(52-62)73-34-16-20-42-85(73)96-87)54-81(76)94(90-68(59-27-9-3-10-28-59)37-22-38-69(90)60-29-11-4-12-30-60)83-56-65(55-82(93)88(83)91)92-78-39-17-13-31-70(78)71-32-14-18-40-79(71)92/h1-56H. The highest BCUT2D eigenvalue weighted by Crippen LogP contribution is 2.54. The first-order valence-corrected chi connectivity index (χ1v) is 33.0. The molecule has 0 saturated heterocycles. The van der Waals surface area contributed by atoms with Gasteiger partial charge in [0.1, 0.15) is 22.3 Å². The van der Waals surface area contributed by atoms with Crippen molar-refractivity contribution >= 4 is 123 Å². The van der Waals surface area contributed by atoms with Crippen LogP contribution in [0.2, 0.25) is 0 Å². The molecule has 15 aromatic carbocycles. The third kappa shape index (κ3) is 8.32. The Balaban J connectivity index is 0.962. The van der Waals surface area contributed by atoms with Gasteiger partial charge < -0.3 is 23.2 Å². The van der Waals surface area contributed by atoms with E-state index in [-0.39, 0.29) is 6.71 Å². The highest BCUT2D eigenvalue weighted by atomic mass is 16.3. The van der Waals surface area contributed by atoms with Crippen LogP contribution in [-0.2, 0) is 0 Å². The van der Waals surface area contributed by atoms with Gasteiger partial charge in [-0.05, 0) is 134 Å². The van der Waals surface area contributed by atoms with Crippen LogP contribution in [0.4, 0.5) is 34.1 Å². The van der Waals surface area contributed by atoms with Gasteiger partial charge in [0.15, 0.2) is 0 Å². The average Bonchev–Trinajstić information content (AvgIpc) is 0.792. The summed E-state index contributed by atoms with van der Waals surface area (Å²) in [6, 6.07) is 125. The minimum Gasteiger partial charge on any atom is -0.456 e. The molecule has 3 aromatic heterocycles. The molecule has 20 rings (SSSR count).